The fourth-order valence-corrected chi connectivity index (χ4v) is 3.25. The molecular formula is C13H16ClFN2O. The molecule has 0 saturated carbocycles. The first kappa shape index (κ1) is 12.2. The van der Waals surface area contributed by atoms with E-state index >= 15 is 0 Å². The van der Waals surface area contributed by atoms with E-state index in [1.807, 2.05) is 0 Å². The number of aromatic nitrogens is 1. The number of ether oxygens (including phenoxy) is 1. The average molecular weight is 271 g/mol. The van der Waals surface area contributed by atoms with Crippen LogP contribution in [0.4, 0.5) is 4.39 Å². The highest BCUT2D eigenvalue weighted by Gasteiger charge is 2.39. The quantitative estimate of drug-likeness (QED) is 0.826. The van der Waals surface area contributed by atoms with Crippen molar-refractivity contribution < 1.29 is 9.13 Å². The monoisotopic (exact) mass is 270 g/mol. The molecule has 2 saturated heterocycles. The zero-order valence-corrected chi connectivity index (χ0v) is 11.0. The third kappa shape index (κ3) is 2.19. The Hall–Kier alpha value is -0.870. The minimum absolute atomic E-state index is 0.0712. The molecule has 1 aromatic rings. The first-order valence-electron chi connectivity index (χ1n) is 6.33. The number of hydrogen-bond acceptors (Lipinski definition) is 3. The molecule has 2 bridgehead atoms. The molecule has 18 heavy (non-hydrogen) atoms. The van der Waals surface area contributed by atoms with Gasteiger partial charge in [-0.25, -0.2) is 9.37 Å². The van der Waals surface area contributed by atoms with Crippen LogP contribution in [0.5, 0.6) is 5.88 Å². The summed E-state index contributed by atoms with van der Waals surface area (Å²) in [4.78, 5) is 6.34. The zero-order valence-electron chi connectivity index (χ0n) is 10.3. The van der Waals surface area contributed by atoms with Gasteiger partial charge in [0.1, 0.15) is 6.10 Å². The standard InChI is InChI=1S/C13H16ClFN2O/c1-17-9-2-3-10(17)6-11(5-9)18-13-12(15)4-8(14)7-16-13/h4,7,9-11H,2-3,5-6H2,1H3. The lowest BCUT2D eigenvalue weighted by Gasteiger charge is -2.36. The van der Waals surface area contributed by atoms with Crippen LogP contribution in [-0.4, -0.2) is 35.1 Å². The van der Waals surface area contributed by atoms with Crippen LogP contribution in [0, 0.1) is 5.82 Å². The second-order valence-corrected chi connectivity index (χ2v) is 5.64. The van der Waals surface area contributed by atoms with Crippen LogP contribution in [0.25, 0.3) is 0 Å². The smallest absolute Gasteiger partial charge is 0.250 e. The van der Waals surface area contributed by atoms with Crippen molar-refractivity contribution in [1.82, 2.24) is 9.88 Å². The van der Waals surface area contributed by atoms with Crippen LogP contribution < -0.4 is 4.74 Å². The van der Waals surface area contributed by atoms with Gasteiger partial charge in [-0.1, -0.05) is 11.6 Å². The molecule has 0 spiro atoms. The fraction of sp³-hybridized carbons (Fsp3) is 0.615. The maximum atomic E-state index is 13.6. The Morgan fingerprint density at radius 2 is 2.06 bits per heavy atom. The van der Waals surface area contributed by atoms with E-state index in [-0.39, 0.29) is 12.0 Å². The Bertz CT molecular complexity index is 443. The van der Waals surface area contributed by atoms with Gasteiger partial charge in [0.2, 0.25) is 0 Å². The van der Waals surface area contributed by atoms with Crippen molar-refractivity contribution in [1.29, 1.82) is 0 Å². The highest BCUT2D eigenvalue weighted by Crippen LogP contribution is 2.36. The van der Waals surface area contributed by atoms with Gasteiger partial charge in [0, 0.05) is 18.3 Å². The van der Waals surface area contributed by atoms with Crippen LogP contribution in [0.3, 0.4) is 0 Å². The van der Waals surface area contributed by atoms with E-state index in [9.17, 15) is 4.39 Å². The van der Waals surface area contributed by atoms with Gasteiger partial charge in [-0.15, -0.1) is 0 Å². The molecule has 5 heteroatoms. The molecule has 0 radical (unpaired) electrons. The Labute approximate surface area is 111 Å². The van der Waals surface area contributed by atoms with Crippen LogP contribution in [0.1, 0.15) is 25.7 Å². The lowest BCUT2D eigenvalue weighted by atomic mass is 10.0. The molecule has 2 atom stereocenters. The normalized spacial score (nSPS) is 31.6. The molecule has 2 unspecified atom stereocenters. The molecule has 1 aromatic heterocycles. The summed E-state index contributed by atoms with van der Waals surface area (Å²) >= 11 is 5.67. The highest BCUT2D eigenvalue weighted by atomic mass is 35.5. The molecule has 3 nitrogen and oxygen atoms in total. The van der Waals surface area contributed by atoms with Crippen LogP contribution in [-0.2, 0) is 0 Å². The third-order valence-electron chi connectivity index (χ3n) is 4.11. The summed E-state index contributed by atoms with van der Waals surface area (Å²) in [6.45, 7) is 0. The minimum Gasteiger partial charge on any atom is -0.472 e. The van der Waals surface area contributed by atoms with Crippen molar-refractivity contribution in [3.05, 3.63) is 23.1 Å². The Balaban J connectivity index is 1.70. The van der Waals surface area contributed by atoms with Gasteiger partial charge in [0.25, 0.3) is 5.88 Å². The molecule has 2 aliphatic rings. The fourth-order valence-electron chi connectivity index (χ4n) is 3.10. The summed E-state index contributed by atoms with van der Waals surface area (Å²) in [5.41, 5.74) is 0. The molecule has 3 rings (SSSR count). The van der Waals surface area contributed by atoms with Crippen molar-refractivity contribution in [2.75, 3.05) is 7.05 Å². The number of fused-ring (bicyclic) bond motifs is 2. The first-order valence-corrected chi connectivity index (χ1v) is 6.71. The van der Waals surface area contributed by atoms with E-state index in [0.29, 0.717) is 17.1 Å². The van der Waals surface area contributed by atoms with Gasteiger partial charge in [0.15, 0.2) is 5.82 Å². The third-order valence-corrected chi connectivity index (χ3v) is 4.31. The number of halogens is 2. The van der Waals surface area contributed by atoms with Gasteiger partial charge >= 0.3 is 0 Å². The van der Waals surface area contributed by atoms with Crippen molar-refractivity contribution in [2.45, 2.75) is 43.9 Å². The van der Waals surface area contributed by atoms with Gasteiger partial charge in [-0.2, -0.15) is 0 Å². The first-order chi connectivity index (χ1) is 8.63. The van der Waals surface area contributed by atoms with E-state index in [1.54, 1.807) is 0 Å². The topological polar surface area (TPSA) is 25.4 Å². The maximum Gasteiger partial charge on any atom is 0.250 e. The molecule has 0 amide bonds. The summed E-state index contributed by atoms with van der Waals surface area (Å²) in [5, 5.41) is 0.295. The molecule has 98 valence electrons. The second-order valence-electron chi connectivity index (χ2n) is 5.20. The molecule has 2 aliphatic heterocycles. The van der Waals surface area contributed by atoms with E-state index in [0.717, 1.165) is 12.8 Å². The molecule has 2 fully saturated rings. The lowest BCUT2D eigenvalue weighted by Crippen LogP contribution is -2.44. The molecule has 3 heterocycles. The van der Waals surface area contributed by atoms with Crippen LogP contribution >= 0.6 is 11.6 Å². The number of piperidine rings is 1. The summed E-state index contributed by atoms with van der Waals surface area (Å²) < 4.78 is 19.3. The number of rotatable bonds is 2. The summed E-state index contributed by atoms with van der Waals surface area (Å²) in [7, 11) is 2.17. The van der Waals surface area contributed by atoms with Crippen molar-refractivity contribution >= 4 is 11.6 Å². The lowest BCUT2D eigenvalue weighted by molar-refractivity contribution is 0.0604. The molecular weight excluding hydrogens is 255 g/mol. The summed E-state index contributed by atoms with van der Waals surface area (Å²) in [5.74, 6) is -0.401. The van der Waals surface area contributed by atoms with Gasteiger partial charge < -0.3 is 9.64 Å². The van der Waals surface area contributed by atoms with Gasteiger partial charge in [-0.05, 0) is 38.8 Å². The summed E-state index contributed by atoms with van der Waals surface area (Å²) in [6, 6.07) is 2.39. The van der Waals surface area contributed by atoms with Crippen molar-refractivity contribution in [2.24, 2.45) is 0 Å². The van der Waals surface area contributed by atoms with Gasteiger partial charge in [0.05, 0.1) is 5.02 Å². The van der Waals surface area contributed by atoms with E-state index in [2.05, 4.69) is 16.9 Å². The average Bonchev–Trinajstić information content (AvgIpc) is 2.57. The van der Waals surface area contributed by atoms with Crippen molar-refractivity contribution in [3.8, 4) is 5.88 Å². The Morgan fingerprint density at radius 3 is 2.67 bits per heavy atom. The van der Waals surface area contributed by atoms with E-state index in [1.165, 1.54) is 25.1 Å². The summed E-state index contributed by atoms with van der Waals surface area (Å²) in [6.07, 6.45) is 5.84. The Kier molecular flexibility index (Phi) is 3.16. The predicted octanol–water partition coefficient (Wildman–Crippen LogP) is 2.88. The number of hydrogen-bond donors (Lipinski definition) is 0. The molecule has 0 N–H and O–H groups in total. The Morgan fingerprint density at radius 1 is 1.39 bits per heavy atom. The van der Waals surface area contributed by atoms with E-state index in [4.69, 9.17) is 16.3 Å². The second kappa shape index (κ2) is 4.67. The highest BCUT2D eigenvalue weighted by molar-refractivity contribution is 6.30. The molecule has 0 aromatic carbocycles. The van der Waals surface area contributed by atoms with Crippen LogP contribution in [0.2, 0.25) is 5.02 Å². The maximum absolute atomic E-state index is 13.6. The number of nitrogens with zero attached hydrogens (tertiary/aromatic N) is 2. The van der Waals surface area contributed by atoms with Crippen molar-refractivity contribution in [3.63, 3.8) is 0 Å². The number of pyridine rings is 1. The van der Waals surface area contributed by atoms with Crippen LogP contribution in [0.15, 0.2) is 12.3 Å². The zero-order chi connectivity index (χ0) is 12.7. The predicted molar refractivity (Wildman–Crippen MR) is 67.4 cm³/mol. The van der Waals surface area contributed by atoms with E-state index < -0.39 is 5.82 Å². The SMILES string of the molecule is CN1C2CCC1CC(Oc1ncc(Cl)cc1F)C2. The molecule has 0 aliphatic carbocycles. The largest absolute Gasteiger partial charge is 0.472 e. The van der Waals surface area contributed by atoms with Gasteiger partial charge in [-0.3, -0.25) is 0 Å². The minimum atomic E-state index is -0.478.